The van der Waals surface area contributed by atoms with E-state index in [0.717, 1.165) is 15.8 Å². The van der Waals surface area contributed by atoms with Crippen molar-refractivity contribution < 1.29 is 9.53 Å². The molecule has 0 spiro atoms. The molecule has 0 aliphatic carbocycles. The number of aryl methyl sites for hydroxylation is 1. The zero-order chi connectivity index (χ0) is 19.9. The zero-order valence-electron chi connectivity index (χ0n) is 15.5. The monoisotopic (exact) mass is 457 g/mol. The van der Waals surface area contributed by atoms with E-state index in [2.05, 4.69) is 32.7 Å². The summed E-state index contributed by atoms with van der Waals surface area (Å²) in [6.07, 6.45) is 1.78. The lowest BCUT2D eigenvalue weighted by molar-refractivity contribution is 0.102. The summed E-state index contributed by atoms with van der Waals surface area (Å²) in [6, 6.07) is 15.2. The van der Waals surface area contributed by atoms with E-state index in [1.807, 2.05) is 60.0 Å². The van der Waals surface area contributed by atoms with E-state index in [1.165, 1.54) is 11.8 Å². The second-order valence-electron chi connectivity index (χ2n) is 6.12. The van der Waals surface area contributed by atoms with Gasteiger partial charge in [0.05, 0.1) is 5.75 Å². The first-order valence-corrected chi connectivity index (χ1v) is 10.5. The van der Waals surface area contributed by atoms with Gasteiger partial charge in [0.25, 0.3) is 0 Å². The number of Topliss-reactive ketones (excluding diaryl/α,β-unsaturated/α-hetero) is 1. The summed E-state index contributed by atoms with van der Waals surface area (Å²) in [4.78, 5) is 12.4. The summed E-state index contributed by atoms with van der Waals surface area (Å²) in [5.74, 6) is 1.81. The molecule has 144 valence electrons. The molecule has 0 saturated carbocycles. The molecular formula is C21H20BrN3O2S. The van der Waals surface area contributed by atoms with Crippen LogP contribution in [0.1, 0.15) is 21.7 Å². The second kappa shape index (κ2) is 9.71. The lowest BCUT2D eigenvalue weighted by Gasteiger charge is -2.09. The van der Waals surface area contributed by atoms with Gasteiger partial charge in [0.1, 0.15) is 12.4 Å². The van der Waals surface area contributed by atoms with Gasteiger partial charge in [-0.2, -0.15) is 0 Å². The van der Waals surface area contributed by atoms with Crippen molar-refractivity contribution in [2.75, 3.05) is 5.75 Å². The molecule has 3 aromatic rings. The van der Waals surface area contributed by atoms with Gasteiger partial charge in [0, 0.05) is 16.6 Å². The quantitative estimate of drug-likeness (QED) is 0.254. The first-order chi connectivity index (χ1) is 13.6. The predicted molar refractivity (Wildman–Crippen MR) is 115 cm³/mol. The molecule has 0 aliphatic heterocycles. The Bertz CT molecular complexity index is 970. The molecule has 2 aromatic carbocycles. The van der Waals surface area contributed by atoms with Gasteiger partial charge in [-0.05, 0) is 36.8 Å². The minimum atomic E-state index is 0.0446. The molecule has 0 N–H and O–H groups in total. The molecule has 0 atom stereocenters. The number of ketones is 1. The maximum Gasteiger partial charge on any atom is 0.192 e. The van der Waals surface area contributed by atoms with Crippen molar-refractivity contribution in [2.24, 2.45) is 0 Å². The van der Waals surface area contributed by atoms with Crippen LogP contribution in [-0.2, 0) is 13.2 Å². The SMILES string of the molecule is C=CCn1c(COc2cccc(C)c2)nnc1SCC(=O)c1ccc(Br)cc1. The van der Waals surface area contributed by atoms with Crippen LogP contribution in [0.2, 0.25) is 0 Å². The van der Waals surface area contributed by atoms with Gasteiger partial charge in [0.15, 0.2) is 16.8 Å². The van der Waals surface area contributed by atoms with Crippen LogP contribution < -0.4 is 4.74 Å². The molecule has 0 bridgehead atoms. The Morgan fingerprint density at radius 2 is 2.04 bits per heavy atom. The molecular weight excluding hydrogens is 438 g/mol. The Kier molecular flexibility index (Phi) is 7.06. The normalized spacial score (nSPS) is 10.6. The van der Waals surface area contributed by atoms with Crippen LogP contribution in [0.5, 0.6) is 5.75 Å². The van der Waals surface area contributed by atoms with Crippen LogP contribution in [0, 0.1) is 6.92 Å². The first-order valence-electron chi connectivity index (χ1n) is 8.71. The fourth-order valence-electron chi connectivity index (χ4n) is 2.55. The van der Waals surface area contributed by atoms with Gasteiger partial charge in [-0.25, -0.2) is 0 Å². The van der Waals surface area contributed by atoms with Crippen LogP contribution >= 0.6 is 27.7 Å². The highest BCUT2D eigenvalue weighted by Crippen LogP contribution is 2.21. The Hall–Kier alpha value is -2.38. The number of nitrogens with zero attached hydrogens (tertiary/aromatic N) is 3. The number of hydrogen-bond acceptors (Lipinski definition) is 5. The second-order valence-corrected chi connectivity index (χ2v) is 7.98. The van der Waals surface area contributed by atoms with E-state index in [0.29, 0.717) is 29.7 Å². The number of ether oxygens (including phenoxy) is 1. The molecule has 0 radical (unpaired) electrons. The van der Waals surface area contributed by atoms with Crippen LogP contribution in [0.3, 0.4) is 0 Å². The minimum absolute atomic E-state index is 0.0446. The van der Waals surface area contributed by atoms with E-state index in [9.17, 15) is 4.79 Å². The fourth-order valence-corrected chi connectivity index (χ4v) is 3.67. The molecule has 5 nitrogen and oxygen atoms in total. The van der Waals surface area contributed by atoms with E-state index in [1.54, 1.807) is 6.08 Å². The number of aromatic nitrogens is 3. The average Bonchev–Trinajstić information content (AvgIpc) is 3.07. The zero-order valence-corrected chi connectivity index (χ0v) is 17.9. The largest absolute Gasteiger partial charge is 0.486 e. The summed E-state index contributed by atoms with van der Waals surface area (Å²) in [7, 11) is 0. The van der Waals surface area contributed by atoms with E-state index < -0.39 is 0 Å². The number of benzene rings is 2. The van der Waals surface area contributed by atoms with Crippen LogP contribution in [-0.4, -0.2) is 26.3 Å². The van der Waals surface area contributed by atoms with Gasteiger partial charge in [-0.3, -0.25) is 9.36 Å². The number of thioether (sulfide) groups is 1. The Morgan fingerprint density at radius 3 is 2.75 bits per heavy atom. The van der Waals surface area contributed by atoms with Crippen molar-refractivity contribution in [3.63, 3.8) is 0 Å². The summed E-state index contributed by atoms with van der Waals surface area (Å²) < 4.78 is 8.71. The van der Waals surface area contributed by atoms with Crippen LogP contribution in [0.15, 0.2) is 70.8 Å². The topological polar surface area (TPSA) is 57.0 Å². The third-order valence-corrected chi connectivity index (χ3v) is 5.46. The highest BCUT2D eigenvalue weighted by atomic mass is 79.9. The number of carbonyl (C=O) groups is 1. The van der Waals surface area contributed by atoms with E-state index in [4.69, 9.17) is 4.74 Å². The van der Waals surface area contributed by atoms with Crippen molar-refractivity contribution >= 4 is 33.5 Å². The molecule has 0 amide bonds. The third-order valence-electron chi connectivity index (χ3n) is 3.96. The van der Waals surface area contributed by atoms with E-state index >= 15 is 0 Å². The Labute approximate surface area is 177 Å². The van der Waals surface area contributed by atoms with Crippen molar-refractivity contribution in [3.05, 3.63) is 82.6 Å². The van der Waals surface area contributed by atoms with Gasteiger partial charge >= 0.3 is 0 Å². The standard InChI is InChI=1S/C21H20BrN3O2S/c1-3-11-25-20(13-27-18-6-4-5-15(2)12-18)23-24-21(25)28-14-19(26)16-7-9-17(22)10-8-16/h3-10,12H,1,11,13-14H2,2H3. The molecule has 7 heteroatoms. The number of hydrogen-bond donors (Lipinski definition) is 0. The third kappa shape index (κ3) is 5.33. The lowest BCUT2D eigenvalue weighted by atomic mass is 10.2. The van der Waals surface area contributed by atoms with Crippen molar-refractivity contribution in [2.45, 2.75) is 25.2 Å². The maximum absolute atomic E-state index is 12.4. The van der Waals surface area contributed by atoms with Crippen molar-refractivity contribution in [1.82, 2.24) is 14.8 Å². The molecule has 1 heterocycles. The molecule has 1 aromatic heterocycles. The molecule has 0 aliphatic rings. The lowest BCUT2D eigenvalue weighted by Crippen LogP contribution is -2.09. The van der Waals surface area contributed by atoms with Gasteiger partial charge in [-0.1, -0.05) is 58.0 Å². The summed E-state index contributed by atoms with van der Waals surface area (Å²) >= 11 is 4.74. The average molecular weight is 458 g/mol. The summed E-state index contributed by atoms with van der Waals surface area (Å²) in [5, 5.41) is 9.14. The first kappa shape index (κ1) is 20.4. The maximum atomic E-state index is 12.4. The molecule has 28 heavy (non-hydrogen) atoms. The highest BCUT2D eigenvalue weighted by molar-refractivity contribution is 9.10. The highest BCUT2D eigenvalue weighted by Gasteiger charge is 2.15. The van der Waals surface area contributed by atoms with Gasteiger partial charge in [0.2, 0.25) is 0 Å². The van der Waals surface area contributed by atoms with Gasteiger partial charge < -0.3 is 4.74 Å². The van der Waals surface area contributed by atoms with Crippen LogP contribution in [0.25, 0.3) is 0 Å². The molecule has 3 rings (SSSR count). The van der Waals surface area contributed by atoms with Crippen molar-refractivity contribution in [3.8, 4) is 5.75 Å². The predicted octanol–water partition coefficient (Wildman–Crippen LogP) is 5.09. The molecule has 0 unspecified atom stereocenters. The smallest absolute Gasteiger partial charge is 0.192 e. The Morgan fingerprint density at radius 1 is 1.25 bits per heavy atom. The van der Waals surface area contributed by atoms with E-state index in [-0.39, 0.29) is 11.5 Å². The molecule has 0 fully saturated rings. The number of halogens is 1. The Balaban J connectivity index is 1.66. The van der Waals surface area contributed by atoms with Crippen LogP contribution in [0.4, 0.5) is 0 Å². The minimum Gasteiger partial charge on any atom is -0.486 e. The number of allylic oxidation sites excluding steroid dienone is 1. The fraction of sp³-hybridized carbons (Fsp3) is 0.190. The summed E-state index contributed by atoms with van der Waals surface area (Å²) in [5.41, 5.74) is 1.81. The van der Waals surface area contributed by atoms with Crippen molar-refractivity contribution in [1.29, 1.82) is 0 Å². The molecule has 0 saturated heterocycles. The number of rotatable bonds is 9. The van der Waals surface area contributed by atoms with Gasteiger partial charge in [-0.15, -0.1) is 16.8 Å². The number of carbonyl (C=O) groups excluding carboxylic acids is 1. The summed E-state index contributed by atoms with van der Waals surface area (Å²) in [6.45, 7) is 6.67.